The van der Waals surface area contributed by atoms with Crippen molar-refractivity contribution in [2.24, 2.45) is 0 Å². The number of nitrogens with zero attached hydrogens (tertiary/aromatic N) is 2. The Kier molecular flexibility index (Phi) is 4.62. The van der Waals surface area contributed by atoms with Gasteiger partial charge in [-0.25, -0.2) is 9.97 Å². The molecular weight excluding hydrogens is 202 g/mol. The van der Waals surface area contributed by atoms with Crippen LogP contribution in [0.4, 0.5) is 5.82 Å². The van der Waals surface area contributed by atoms with E-state index in [0.717, 1.165) is 18.8 Å². The Labute approximate surface area is 88.7 Å². The van der Waals surface area contributed by atoms with E-state index < -0.39 is 0 Å². The summed E-state index contributed by atoms with van der Waals surface area (Å²) in [5.41, 5.74) is 0. The number of methoxy groups -OCH3 is 1. The maximum atomic E-state index is 5.72. The number of rotatable bonds is 5. The van der Waals surface area contributed by atoms with Crippen molar-refractivity contribution in [3.8, 4) is 0 Å². The largest absolute Gasteiger partial charge is 0.385 e. The van der Waals surface area contributed by atoms with Gasteiger partial charge in [0.25, 0.3) is 0 Å². The molecule has 0 saturated heterocycles. The standard InChI is InChI=1S/C9H14ClN3O/c1-7(3-4-14-2)13-9-5-8(10)11-6-12-9/h5-7H,3-4H2,1-2H3,(H,11,12,13). The van der Waals surface area contributed by atoms with Crippen LogP contribution in [0.1, 0.15) is 13.3 Å². The Hall–Kier alpha value is -0.870. The summed E-state index contributed by atoms with van der Waals surface area (Å²) in [4.78, 5) is 7.84. The van der Waals surface area contributed by atoms with Gasteiger partial charge in [0.2, 0.25) is 0 Å². The average molecular weight is 216 g/mol. The number of hydrogen-bond acceptors (Lipinski definition) is 4. The second-order valence-corrected chi connectivity index (χ2v) is 3.44. The predicted octanol–water partition coefficient (Wildman–Crippen LogP) is 1.97. The Morgan fingerprint density at radius 3 is 3.00 bits per heavy atom. The third-order valence-electron chi connectivity index (χ3n) is 1.78. The van der Waals surface area contributed by atoms with E-state index in [-0.39, 0.29) is 0 Å². The Morgan fingerprint density at radius 2 is 2.36 bits per heavy atom. The van der Waals surface area contributed by atoms with Gasteiger partial charge in [0.15, 0.2) is 0 Å². The van der Waals surface area contributed by atoms with Crippen molar-refractivity contribution in [3.05, 3.63) is 17.5 Å². The van der Waals surface area contributed by atoms with Gasteiger partial charge < -0.3 is 10.1 Å². The summed E-state index contributed by atoms with van der Waals surface area (Å²) in [6, 6.07) is 2.01. The summed E-state index contributed by atoms with van der Waals surface area (Å²) in [6.45, 7) is 2.79. The van der Waals surface area contributed by atoms with E-state index in [4.69, 9.17) is 16.3 Å². The lowest BCUT2D eigenvalue weighted by atomic mass is 10.2. The number of hydrogen-bond donors (Lipinski definition) is 1. The van der Waals surface area contributed by atoms with E-state index in [2.05, 4.69) is 22.2 Å². The van der Waals surface area contributed by atoms with Gasteiger partial charge in [-0.15, -0.1) is 0 Å². The smallest absolute Gasteiger partial charge is 0.134 e. The fourth-order valence-electron chi connectivity index (χ4n) is 1.03. The van der Waals surface area contributed by atoms with Crippen molar-refractivity contribution in [3.63, 3.8) is 0 Å². The molecule has 0 saturated carbocycles. The van der Waals surface area contributed by atoms with Gasteiger partial charge in [0, 0.05) is 25.8 Å². The second kappa shape index (κ2) is 5.78. The number of aromatic nitrogens is 2. The first-order valence-corrected chi connectivity index (χ1v) is 4.83. The molecular formula is C9H14ClN3O. The molecule has 0 aliphatic heterocycles. The van der Waals surface area contributed by atoms with Crippen molar-refractivity contribution in [1.82, 2.24) is 9.97 Å². The quantitative estimate of drug-likeness (QED) is 0.763. The minimum absolute atomic E-state index is 0.306. The lowest BCUT2D eigenvalue weighted by molar-refractivity contribution is 0.191. The van der Waals surface area contributed by atoms with Gasteiger partial charge in [0.1, 0.15) is 17.3 Å². The molecule has 14 heavy (non-hydrogen) atoms. The highest BCUT2D eigenvalue weighted by Crippen LogP contribution is 2.10. The van der Waals surface area contributed by atoms with Crippen LogP contribution < -0.4 is 5.32 Å². The lowest BCUT2D eigenvalue weighted by Crippen LogP contribution is -2.17. The molecule has 0 aliphatic rings. The summed E-state index contributed by atoms with van der Waals surface area (Å²) in [7, 11) is 1.69. The predicted molar refractivity (Wildman–Crippen MR) is 56.6 cm³/mol. The van der Waals surface area contributed by atoms with E-state index >= 15 is 0 Å². The van der Waals surface area contributed by atoms with Crippen molar-refractivity contribution in [2.75, 3.05) is 19.0 Å². The van der Waals surface area contributed by atoms with Crippen LogP contribution in [0.5, 0.6) is 0 Å². The van der Waals surface area contributed by atoms with Crippen LogP contribution in [-0.2, 0) is 4.74 Å². The number of nitrogens with one attached hydrogen (secondary N) is 1. The summed E-state index contributed by atoms with van der Waals surface area (Å²) in [6.07, 6.45) is 2.37. The first-order valence-electron chi connectivity index (χ1n) is 4.45. The van der Waals surface area contributed by atoms with E-state index in [9.17, 15) is 0 Å². The Bertz CT molecular complexity index is 283. The zero-order chi connectivity index (χ0) is 10.4. The molecule has 1 rings (SSSR count). The van der Waals surface area contributed by atoms with E-state index in [0.29, 0.717) is 11.2 Å². The van der Waals surface area contributed by atoms with E-state index in [1.807, 2.05) is 0 Å². The number of anilines is 1. The molecule has 0 spiro atoms. The third kappa shape index (κ3) is 3.89. The van der Waals surface area contributed by atoms with Crippen LogP contribution >= 0.6 is 11.6 Å². The molecule has 1 atom stereocenters. The molecule has 5 heteroatoms. The van der Waals surface area contributed by atoms with Gasteiger partial charge in [-0.3, -0.25) is 0 Å². The monoisotopic (exact) mass is 215 g/mol. The minimum Gasteiger partial charge on any atom is -0.385 e. The van der Waals surface area contributed by atoms with Crippen molar-refractivity contribution in [1.29, 1.82) is 0 Å². The third-order valence-corrected chi connectivity index (χ3v) is 1.99. The normalized spacial score (nSPS) is 12.5. The lowest BCUT2D eigenvalue weighted by Gasteiger charge is -2.13. The maximum Gasteiger partial charge on any atom is 0.134 e. The fourth-order valence-corrected chi connectivity index (χ4v) is 1.18. The highest BCUT2D eigenvalue weighted by atomic mass is 35.5. The zero-order valence-corrected chi connectivity index (χ0v) is 9.08. The molecule has 4 nitrogen and oxygen atoms in total. The van der Waals surface area contributed by atoms with Crippen LogP contribution in [0.15, 0.2) is 12.4 Å². The van der Waals surface area contributed by atoms with Crippen LogP contribution in [0.25, 0.3) is 0 Å². The SMILES string of the molecule is COCCC(C)Nc1cc(Cl)ncn1. The van der Waals surface area contributed by atoms with Crippen molar-refractivity contribution < 1.29 is 4.74 Å². The van der Waals surface area contributed by atoms with Gasteiger partial charge in [-0.05, 0) is 13.3 Å². The first-order chi connectivity index (χ1) is 6.72. The van der Waals surface area contributed by atoms with Crippen LogP contribution in [0.3, 0.4) is 0 Å². The summed E-state index contributed by atoms with van der Waals surface area (Å²) < 4.78 is 4.98. The Morgan fingerprint density at radius 1 is 1.57 bits per heavy atom. The minimum atomic E-state index is 0.306. The molecule has 0 amide bonds. The molecule has 1 heterocycles. The molecule has 0 radical (unpaired) electrons. The molecule has 1 aromatic heterocycles. The molecule has 0 fully saturated rings. The highest BCUT2D eigenvalue weighted by Gasteiger charge is 2.02. The van der Waals surface area contributed by atoms with E-state index in [1.54, 1.807) is 13.2 Å². The van der Waals surface area contributed by atoms with E-state index in [1.165, 1.54) is 6.33 Å². The molecule has 0 aliphatic carbocycles. The van der Waals surface area contributed by atoms with Gasteiger partial charge >= 0.3 is 0 Å². The van der Waals surface area contributed by atoms with Gasteiger partial charge in [0.05, 0.1) is 0 Å². The van der Waals surface area contributed by atoms with Gasteiger partial charge in [-0.1, -0.05) is 11.6 Å². The van der Waals surface area contributed by atoms with Crippen LogP contribution in [0.2, 0.25) is 5.15 Å². The maximum absolute atomic E-state index is 5.72. The molecule has 1 N–H and O–H groups in total. The van der Waals surface area contributed by atoms with Gasteiger partial charge in [-0.2, -0.15) is 0 Å². The fraction of sp³-hybridized carbons (Fsp3) is 0.556. The average Bonchev–Trinajstić information content (AvgIpc) is 2.15. The molecule has 1 aromatic rings. The molecule has 78 valence electrons. The molecule has 0 aromatic carbocycles. The first kappa shape index (κ1) is 11.2. The van der Waals surface area contributed by atoms with Crippen LogP contribution in [-0.4, -0.2) is 29.7 Å². The second-order valence-electron chi connectivity index (χ2n) is 3.05. The van der Waals surface area contributed by atoms with Crippen LogP contribution in [0, 0.1) is 0 Å². The Balaban J connectivity index is 2.43. The highest BCUT2D eigenvalue weighted by molar-refractivity contribution is 6.29. The van der Waals surface area contributed by atoms with Crippen molar-refractivity contribution in [2.45, 2.75) is 19.4 Å². The van der Waals surface area contributed by atoms with Crippen molar-refractivity contribution >= 4 is 17.4 Å². The zero-order valence-electron chi connectivity index (χ0n) is 8.33. The summed E-state index contributed by atoms with van der Waals surface area (Å²) >= 11 is 5.72. The molecule has 0 bridgehead atoms. The summed E-state index contributed by atoms with van der Waals surface area (Å²) in [5, 5.41) is 3.65. The topological polar surface area (TPSA) is 47.0 Å². The molecule has 1 unspecified atom stereocenters. The number of ether oxygens (including phenoxy) is 1. The number of halogens is 1. The summed E-state index contributed by atoms with van der Waals surface area (Å²) in [5.74, 6) is 0.744.